The van der Waals surface area contributed by atoms with E-state index in [1.54, 1.807) is 18.2 Å². The van der Waals surface area contributed by atoms with E-state index in [0.717, 1.165) is 15.7 Å². The van der Waals surface area contributed by atoms with E-state index in [9.17, 15) is 40.9 Å². The quantitative estimate of drug-likeness (QED) is 0.0663. The summed E-state index contributed by atoms with van der Waals surface area (Å²) in [6.45, 7) is 0. The molecule has 13 nitrogen and oxygen atoms in total. The van der Waals surface area contributed by atoms with Gasteiger partial charge in [0.1, 0.15) is 22.2 Å². The third-order valence-corrected chi connectivity index (χ3v) is 9.11. The van der Waals surface area contributed by atoms with Gasteiger partial charge in [0, 0.05) is 33.2 Å². The summed E-state index contributed by atoms with van der Waals surface area (Å²) in [6.07, 6.45) is 0. The molecule has 0 saturated carbocycles. The molecule has 0 saturated heterocycles. The summed E-state index contributed by atoms with van der Waals surface area (Å²) in [5.41, 5.74) is 2.66. The Labute approximate surface area is 291 Å². The molecule has 0 fully saturated rings. The number of phenols is 8. The zero-order valence-corrected chi connectivity index (χ0v) is 26.5. The van der Waals surface area contributed by atoms with E-state index < -0.39 is 56.8 Å². The van der Waals surface area contributed by atoms with E-state index in [-0.39, 0.29) is 16.7 Å². The summed E-state index contributed by atoms with van der Waals surface area (Å²) in [4.78, 5) is 14.4. The average molecular weight is 693 g/mol. The third kappa shape index (κ3) is 4.26. The third-order valence-electron chi connectivity index (χ3n) is 9.11. The van der Waals surface area contributed by atoms with Gasteiger partial charge in [-0.15, -0.1) is 0 Å². The van der Waals surface area contributed by atoms with Crippen molar-refractivity contribution >= 4 is 43.7 Å². The topological polar surface area (TPSA) is 219 Å². The van der Waals surface area contributed by atoms with E-state index in [0.29, 0.717) is 45.0 Å². The Hall–Kier alpha value is -7.67. The van der Waals surface area contributed by atoms with Gasteiger partial charge in [-0.1, -0.05) is 60.7 Å². The molecule has 6 aromatic carbocycles. The molecule has 0 unspecified atom stereocenters. The Bertz CT molecular complexity index is 2810. The maximum atomic E-state index is 11.1. The Morgan fingerprint density at radius 2 is 0.827 bits per heavy atom. The van der Waals surface area contributed by atoms with Crippen LogP contribution < -0.4 is 0 Å². The van der Waals surface area contributed by atoms with Crippen LogP contribution in [-0.4, -0.2) is 60.4 Å². The van der Waals surface area contributed by atoms with E-state index >= 15 is 0 Å². The molecule has 254 valence electrons. The molecule has 0 aliphatic carbocycles. The SMILES string of the molecule is Oc1c(O)c(O)c2c(c1O)c1c(O)c(O)c(O)c(O)c1n2-c1ccc2oc3ccc(-c4nc(-c5ccccc5)nc(-c5ccccc5)n4)cc3c2c1. The fourth-order valence-corrected chi connectivity index (χ4v) is 6.63. The highest BCUT2D eigenvalue weighted by Crippen LogP contribution is 2.59. The molecule has 3 aromatic heterocycles. The molecule has 0 radical (unpaired) electrons. The van der Waals surface area contributed by atoms with Crippen molar-refractivity contribution in [3.8, 4) is 85.8 Å². The van der Waals surface area contributed by atoms with Crippen LogP contribution >= 0.6 is 0 Å². The smallest absolute Gasteiger partial charge is 0.206 e. The number of nitrogens with zero attached hydrogens (tertiary/aromatic N) is 4. The lowest BCUT2D eigenvalue weighted by Gasteiger charge is -2.12. The Kier molecular flexibility index (Phi) is 6.38. The first-order valence-corrected chi connectivity index (χ1v) is 15.8. The lowest BCUT2D eigenvalue weighted by molar-refractivity contribution is 0.350. The van der Waals surface area contributed by atoms with Gasteiger partial charge in [-0.2, -0.15) is 0 Å². The highest BCUT2D eigenvalue weighted by atomic mass is 16.4. The van der Waals surface area contributed by atoms with Crippen molar-refractivity contribution in [1.29, 1.82) is 0 Å². The van der Waals surface area contributed by atoms with Gasteiger partial charge in [0.25, 0.3) is 0 Å². The molecular weight excluding hydrogens is 668 g/mol. The van der Waals surface area contributed by atoms with Crippen molar-refractivity contribution in [1.82, 2.24) is 19.5 Å². The summed E-state index contributed by atoms with van der Waals surface area (Å²) in [5, 5.41) is 86.0. The van der Waals surface area contributed by atoms with Crippen molar-refractivity contribution in [2.75, 3.05) is 0 Å². The number of hydrogen-bond acceptors (Lipinski definition) is 12. The number of fused-ring (bicyclic) bond motifs is 6. The second-order valence-corrected chi connectivity index (χ2v) is 12.1. The van der Waals surface area contributed by atoms with Crippen molar-refractivity contribution in [2.24, 2.45) is 0 Å². The largest absolute Gasteiger partial charge is 0.504 e. The minimum Gasteiger partial charge on any atom is -0.504 e. The second kappa shape index (κ2) is 10.9. The van der Waals surface area contributed by atoms with Crippen LogP contribution in [0.2, 0.25) is 0 Å². The fourth-order valence-electron chi connectivity index (χ4n) is 6.63. The van der Waals surface area contributed by atoms with Crippen LogP contribution in [0.4, 0.5) is 0 Å². The van der Waals surface area contributed by atoms with Gasteiger partial charge in [-0.3, -0.25) is 0 Å². The lowest BCUT2D eigenvalue weighted by Crippen LogP contribution is -2.00. The van der Waals surface area contributed by atoms with Crippen LogP contribution in [0.25, 0.3) is 83.6 Å². The molecule has 9 rings (SSSR count). The predicted molar refractivity (Wildman–Crippen MR) is 191 cm³/mol. The van der Waals surface area contributed by atoms with Crippen molar-refractivity contribution in [3.63, 3.8) is 0 Å². The molecule has 0 spiro atoms. The van der Waals surface area contributed by atoms with Gasteiger partial charge in [0.15, 0.2) is 40.5 Å². The fraction of sp³-hybridized carbons (Fsp3) is 0. The molecule has 52 heavy (non-hydrogen) atoms. The van der Waals surface area contributed by atoms with Crippen molar-refractivity contribution in [3.05, 3.63) is 97.1 Å². The Balaban J connectivity index is 1.30. The van der Waals surface area contributed by atoms with Gasteiger partial charge in [-0.05, 0) is 36.4 Å². The number of hydrogen-bond donors (Lipinski definition) is 8. The number of aromatic nitrogens is 4. The minimum absolute atomic E-state index is 0.193. The number of aromatic hydroxyl groups is 8. The number of phenolic OH excluding ortho intramolecular Hbond substituents is 8. The highest BCUT2D eigenvalue weighted by Gasteiger charge is 2.32. The molecule has 0 aliphatic heterocycles. The minimum atomic E-state index is -1.11. The van der Waals surface area contributed by atoms with Gasteiger partial charge in [-0.25, -0.2) is 15.0 Å². The van der Waals surface area contributed by atoms with Gasteiger partial charge >= 0.3 is 0 Å². The maximum Gasteiger partial charge on any atom is 0.206 e. The Morgan fingerprint density at radius 3 is 1.33 bits per heavy atom. The monoisotopic (exact) mass is 692 g/mol. The standard InChI is InChI=1S/C39H24N4O9/c44-29-25-26-28(32(47)36(51)34(49)30(26)45)43(27(25)31(46)35(50)33(29)48)20-12-14-24-22(16-20)21-15-19(11-13-23(21)52-24)39-41-37(17-7-3-1-4-8-17)40-38(42-39)18-9-5-2-6-10-18/h1-16,44-51H. The molecule has 0 atom stereocenters. The first kappa shape index (κ1) is 30.4. The first-order chi connectivity index (χ1) is 25.1. The first-order valence-electron chi connectivity index (χ1n) is 15.8. The molecule has 8 N–H and O–H groups in total. The summed E-state index contributed by atoms with van der Waals surface area (Å²) < 4.78 is 7.30. The van der Waals surface area contributed by atoms with E-state index in [1.165, 1.54) is 6.07 Å². The normalized spacial score (nSPS) is 11.7. The van der Waals surface area contributed by atoms with E-state index in [1.807, 2.05) is 72.8 Å². The predicted octanol–water partition coefficient (Wildman–Crippen LogP) is 7.51. The van der Waals surface area contributed by atoms with Gasteiger partial charge in [0.2, 0.25) is 23.0 Å². The molecule has 3 heterocycles. The van der Waals surface area contributed by atoms with Crippen molar-refractivity contribution in [2.45, 2.75) is 0 Å². The average Bonchev–Trinajstić information content (AvgIpc) is 3.74. The Morgan fingerprint density at radius 1 is 0.404 bits per heavy atom. The van der Waals surface area contributed by atoms with E-state index in [4.69, 9.17) is 19.4 Å². The summed E-state index contributed by atoms with van der Waals surface area (Å²) in [7, 11) is 0. The zero-order chi connectivity index (χ0) is 36.0. The molecular formula is C39H24N4O9. The van der Waals surface area contributed by atoms with E-state index in [2.05, 4.69) is 0 Å². The lowest BCUT2D eigenvalue weighted by atomic mass is 10.1. The molecule has 0 bridgehead atoms. The molecule has 0 amide bonds. The zero-order valence-electron chi connectivity index (χ0n) is 26.5. The number of benzene rings is 6. The maximum absolute atomic E-state index is 11.1. The van der Waals surface area contributed by atoms with Crippen LogP contribution in [0.15, 0.2) is 101 Å². The highest BCUT2D eigenvalue weighted by molar-refractivity contribution is 6.21. The van der Waals surface area contributed by atoms with Gasteiger partial charge in [0.05, 0.1) is 10.8 Å². The summed E-state index contributed by atoms with van der Waals surface area (Å²) in [5.74, 6) is -6.79. The van der Waals surface area contributed by atoms with Crippen molar-refractivity contribution < 1.29 is 45.3 Å². The van der Waals surface area contributed by atoms with Gasteiger partial charge < -0.3 is 49.8 Å². The van der Waals surface area contributed by atoms with Crippen LogP contribution in [0.3, 0.4) is 0 Å². The number of rotatable bonds is 4. The molecule has 13 heteroatoms. The van der Waals surface area contributed by atoms with Crippen LogP contribution in [0.1, 0.15) is 0 Å². The number of furan rings is 1. The molecule has 0 aliphatic rings. The summed E-state index contributed by atoms with van der Waals surface area (Å²) in [6, 6.07) is 29.3. The van der Waals surface area contributed by atoms with Crippen LogP contribution in [-0.2, 0) is 0 Å². The van der Waals surface area contributed by atoms with Crippen LogP contribution in [0, 0.1) is 0 Å². The second-order valence-electron chi connectivity index (χ2n) is 12.1. The summed E-state index contributed by atoms with van der Waals surface area (Å²) >= 11 is 0. The van der Waals surface area contributed by atoms with Crippen LogP contribution in [0.5, 0.6) is 46.0 Å². The molecule has 9 aromatic rings.